The Morgan fingerprint density at radius 3 is 2.16 bits per heavy atom. The zero-order chi connectivity index (χ0) is 17.2. The smallest absolute Gasteiger partial charge is 0.160 e. The van der Waals surface area contributed by atoms with Gasteiger partial charge in [-0.3, -0.25) is 9.78 Å². The first-order valence-electron chi connectivity index (χ1n) is 8.14. The average Bonchev–Trinajstić information content (AvgIpc) is 2.68. The van der Waals surface area contributed by atoms with Gasteiger partial charge in [0.05, 0.1) is 11.2 Å². The van der Waals surface area contributed by atoms with E-state index in [1.807, 2.05) is 54.6 Å². The van der Waals surface area contributed by atoms with E-state index in [-0.39, 0.29) is 5.78 Å². The van der Waals surface area contributed by atoms with Crippen LogP contribution in [-0.2, 0) is 0 Å². The summed E-state index contributed by atoms with van der Waals surface area (Å²) in [6, 6.07) is 21.8. The highest BCUT2D eigenvalue weighted by Crippen LogP contribution is 2.27. The van der Waals surface area contributed by atoms with Gasteiger partial charge in [0.1, 0.15) is 0 Å². The molecule has 0 spiro atoms. The number of pyridine rings is 2. The first kappa shape index (κ1) is 15.2. The van der Waals surface area contributed by atoms with Crippen molar-refractivity contribution in [1.29, 1.82) is 0 Å². The molecule has 2 aromatic heterocycles. The molecule has 0 N–H and O–H groups in total. The van der Waals surface area contributed by atoms with Crippen LogP contribution >= 0.6 is 0 Å². The number of benzene rings is 2. The van der Waals surface area contributed by atoms with E-state index in [4.69, 9.17) is 4.98 Å². The van der Waals surface area contributed by atoms with Gasteiger partial charge in [0.25, 0.3) is 0 Å². The number of ketones is 1. The minimum Gasteiger partial charge on any atom is -0.294 e. The van der Waals surface area contributed by atoms with Crippen molar-refractivity contribution in [1.82, 2.24) is 9.97 Å². The minimum absolute atomic E-state index is 0.0493. The molecule has 2 aromatic carbocycles. The Hall–Kier alpha value is -3.33. The maximum Gasteiger partial charge on any atom is 0.160 e. The SMILES string of the molecule is CC(=O)c1cc(-c2ccc(-c3ccncc3)cc2)nc2ccccc12. The van der Waals surface area contributed by atoms with Crippen molar-refractivity contribution < 1.29 is 4.79 Å². The fraction of sp³-hybridized carbons (Fsp3) is 0.0455. The standard InChI is InChI=1S/C22H16N2O/c1-15(25)20-14-22(24-21-5-3-2-4-19(20)21)18-8-6-16(7-9-18)17-10-12-23-13-11-17/h2-14H,1H3. The van der Waals surface area contributed by atoms with Crippen LogP contribution in [0.1, 0.15) is 17.3 Å². The fourth-order valence-electron chi connectivity index (χ4n) is 2.99. The fourth-order valence-corrected chi connectivity index (χ4v) is 2.99. The van der Waals surface area contributed by atoms with Crippen molar-refractivity contribution in [3.05, 3.63) is 84.7 Å². The van der Waals surface area contributed by atoms with Gasteiger partial charge in [-0.05, 0) is 42.3 Å². The predicted octanol–water partition coefficient (Wildman–Crippen LogP) is 5.17. The summed E-state index contributed by atoms with van der Waals surface area (Å²) in [5, 5.41) is 0.896. The van der Waals surface area contributed by atoms with Crippen LogP contribution in [0.4, 0.5) is 0 Å². The third kappa shape index (κ3) is 2.92. The molecule has 4 aromatic rings. The molecule has 3 heteroatoms. The van der Waals surface area contributed by atoms with Crippen molar-refractivity contribution in [2.45, 2.75) is 6.92 Å². The first-order valence-corrected chi connectivity index (χ1v) is 8.14. The second kappa shape index (κ2) is 6.29. The molecule has 4 rings (SSSR count). The highest BCUT2D eigenvalue weighted by molar-refractivity contribution is 6.07. The summed E-state index contributed by atoms with van der Waals surface area (Å²) in [7, 11) is 0. The Balaban J connectivity index is 1.81. The normalized spacial score (nSPS) is 10.8. The summed E-state index contributed by atoms with van der Waals surface area (Å²) in [5.41, 5.74) is 5.59. The number of para-hydroxylation sites is 1. The van der Waals surface area contributed by atoms with Gasteiger partial charge in [-0.2, -0.15) is 0 Å². The highest BCUT2D eigenvalue weighted by atomic mass is 16.1. The quantitative estimate of drug-likeness (QED) is 0.488. The van der Waals surface area contributed by atoms with E-state index in [0.29, 0.717) is 5.56 Å². The predicted molar refractivity (Wildman–Crippen MR) is 100 cm³/mol. The molecular formula is C22H16N2O. The molecule has 2 heterocycles. The number of aromatic nitrogens is 2. The maximum atomic E-state index is 12.0. The van der Waals surface area contributed by atoms with Gasteiger partial charge >= 0.3 is 0 Å². The number of rotatable bonds is 3. The molecule has 0 saturated carbocycles. The van der Waals surface area contributed by atoms with Crippen molar-refractivity contribution in [3.63, 3.8) is 0 Å². The lowest BCUT2D eigenvalue weighted by Gasteiger charge is -2.09. The molecule has 120 valence electrons. The van der Waals surface area contributed by atoms with Gasteiger partial charge in [-0.25, -0.2) is 4.98 Å². The molecule has 0 bridgehead atoms. The third-order valence-electron chi connectivity index (χ3n) is 4.29. The summed E-state index contributed by atoms with van der Waals surface area (Å²) >= 11 is 0. The number of nitrogens with zero attached hydrogens (tertiary/aromatic N) is 2. The summed E-state index contributed by atoms with van der Waals surface area (Å²) in [6.45, 7) is 1.60. The van der Waals surface area contributed by atoms with Crippen molar-refractivity contribution in [2.75, 3.05) is 0 Å². The number of Topliss-reactive ketones (excluding diaryl/α,β-unsaturated/α-hetero) is 1. The van der Waals surface area contributed by atoms with Gasteiger partial charge < -0.3 is 0 Å². The molecule has 0 amide bonds. The van der Waals surface area contributed by atoms with Crippen LogP contribution < -0.4 is 0 Å². The lowest BCUT2D eigenvalue weighted by Crippen LogP contribution is -1.97. The monoisotopic (exact) mass is 324 g/mol. The average molecular weight is 324 g/mol. The Kier molecular flexibility index (Phi) is 3.82. The van der Waals surface area contributed by atoms with Crippen molar-refractivity contribution in [3.8, 4) is 22.4 Å². The number of hydrogen-bond acceptors (Lipinski definition) is 3. The number of hydrogen-bond donors (Lipinski definition) is 0. The molecule has 0 saturated heterocycles. The largest absolute Gasteiger partial charge is 0.294 e. The maximum absolute atomic E-state index is 12.0. The van der Waals surface area contributed by atoms with Crippen LogP contribution in [0, 0.1) is 0 Å². The second-order valence-corrected chi connectivity index (χ2v) is 5.94. The van der Waals surface area contributed by atoms with Crippen LogP contribution in [0.5, 0.6) is 0 Å². The molecule has 0 aliphatic rings. The van der Waals surface area contributed by atoms with Gasteiger partial charge in [0, 0.05) is 28.9 Å². The summed E-state index contributed by atoms with van der Waals surface area (Å²) in [5.74, 6) is 0.0493. The number of carbonyl (C=O) groups excluding carboxylic acids is 1. The van der Waals surface area contributed by atoms with Gasteiger partial charge in [-0.1, -0.05) is 42.5 Å². The van der Waals surface area contributed by atoms with Gasteiger partial charge in [-0.15, -0.1) is 0 Å². The van der Waals surface area contributed by atoms with Crippen LogP contribution in [0.15, 0.2) is 79.1 Å². The Bertz CT molecular complexity index is 1050. The van der Waals surface area contributed by atoms with E-state index in [1.165, 1.54) is 0 Å². The van der Waals surface area contributed by atoms with Crippen LogP contribution in [0.3, 0.4) is 0 Å². The lowest BCUT2D eigenvalue weighted by atomic mass is 10.00. The zero-order valence-corrected chi connectivity index (χ0v) is 13.8. The lowest BCUT2D eigenvalue weighted by molar-refractivity contribution is 0.101. The van der Waals surface area contributed by atoms with Gasteiger partial charge in [0.15, 0.2) is 5.78 Å². The molecule has 0 aliphatic heterocycles. The molecule has 0 atom stereocenters. The van der Waals surface area contributed by atoms with Crippen molar-refractivity contribution in [2.24, 2.45) is 0 Å². The van der Waals surface area contributed by atoms with E-state index in [0.717, 1.165) is 33.3 Å². The molecule has 0 unspecified atom stereocenters. The van der Waals surface area contributed by atoms with E-state index < -0.39 is 0 Å². The van der Waals surface area contributed by atoms with E-state index in [2.05, 4.69) is 17.1 Å². The third-order valence-corrected chi connectivity index (χ3v) is 4.29. The Labute approximate surface area is 146 Å². The number of carbonyl (C=O) groups is 1. The first-order chi connectivity index (χ1) is 12.2. The van der Waals surface area contributed by atoms with E-state index in [9.17, 15) is 4.79 Å². The molecule has 0 radical (unpaired) electrons. The number of fused-ring (bicyclic) bond motifs is 1. The molecular weight excluding hydrogens is 308 g/mol. The van der Waals surface area contributed by atoms with Gasteiger partial charge in [0.2, 0.25) is 0 Å². The topological polar surface area (TPSA) is 42.9 Å². The molecule has 25 heavy (non-hydrogen) atoms. The highest BCUT2D eigenvalue weighted by Gasteiger charge is 2.10. The van der Waals surface area contributed by atoms with Crippen LogP contribution in [-0.4, -0.2) is 15.8 Å². The molecule has 3 nitrogen and oxygen atoms in total. The molecule has 0 fully saturated rings. The summed E-state index contributed by atoms with van der Waals surface area (Å²) in [6.07, 6.45) is 3.57. The van der Waals surface area contributed by atoms with Crippen LogP contribution in [0.2, 0.25) is 0 Å². The minimum atomic E-state index is 0.0493. The molecule has 0 aliphatic carbocycles. The Morgan fingerprint density at radius 1 is 0.800 bits per heavy atom. The van der Waals surface area contributed by atoms with Crippen molar-refractivity contribution >= 4 is 16.7 Å². The van der Waals surface area contributed by atoms with E-state index in [1.54, 1.807) is 19.3 Å². The Morgan fingerprint density at radius 2 is 1.44 bits per heavy atom. The van der Waals surface area contributed by atoms with Crippen LogP contribution in [0.25, 0.3) is 33.3 Å². The zero-order valence-electron chi connectivity index (χ0n) is 13.8. The summed E-state index contributed by atoms with van der Waals surface area (Å²) in [4.78, 5) is 20.8. The van der Waals surface area contributed by atoms with E-state index >= 15 is 0 Å². The summed E-state index contributed by atoms with van der Waals surface area (Å²) < 4.78 is 0. The second-order valence-electron chi connectivity index (χ2n) is 5.94.